The fourth-order valence-electron chi connectivity index (χ4n) is 5.01. The highest BCUT2D eigenvalue weighted by Gasteiger charge is 2.19. The number of hydrogen-bond acceptors (Lipinski definition) is 12. The third-order valence-corrected chi connectivity index (χ3v) is 8.96. The minimum absolute atomic E-state index is 0.000435. The molecule has 0 fully saturated rings. The van der Waals surface area contributed by atoms with Crippen molar-refractivity contribution in [2.75, 3.05) is 29.2 Å². The van der Waals surface area contributed by atoms with Crippen LogP contribution in [0.4, 0.5) is 33.3 Å². The van der Waals surface area contributed by atoms with Gasteiger partial charge in [0.25, 0.3) is 0 Å². The quantitative estimate of drug-likeness (QED) is 0.0653. The number of rotatable bonds is 12. The molecule has 0 bridgehead atoms. The molecule has 17 heteroatoms. The van der Waals surface area contributed by atoms with E-state index < -0.39 is 6.08 Å². The van der Waals surface area contributed by atoms with Gasteiger partial charge in [-0.25, -0.2) is 9.97 Å². The Morgan fingerprint density at radius 1 is 0.691 bits per heavy atom. The highest BCUT2D eigenvalue weighted by Crippen LogP contribution is 2.28. The molecule has 0 unspecified atom stereocenters. The van der Waals surface area contributed by atoms with Crippen molar-refractivity contribution in [3.63, 3.8) is 0 Å². The van der Waals surface area contributed by atoms with Crippen LogP contribution in [0.1, 0.15) is 67.5 Å². The minimum atomic E-state index is -0.797. The van der Waals surface area contributed by atoms with Crippen molar-refractivity contribution in [1.82, 2.24) is 39.0 Å². The van der Waals surface area contributed by atoms with Crippen LogP contribution in [-0.4, -0.2) is 74.5 Å². The minimum Gasteiger partial charge on any atom is -0.395 e. The van der Waals surface area contributed by atoms with Crippen molar-refractivity contribution in [3.8, 4) is 0 Å². The molecule has 4 aromatic heterocycles. The number of fused-ring (bicyclic) bond motifs is 2. The number of aliphatic hydroxyl groups is 2. The van der Waals surface area contributed by atoms with Crippen molar-refractivity contribution < 1.29 is 14.6 Å². The molecule has 0 spiro atoms. The number of nitrogens with zero attached hydrogens (tertiary/aromatic N) is 8. The zero-order chi connectivity index (χ0) is 40.4. The number of benzene rings is 2. The maximum atomic E-state index is 13.7. The highest BCUT2D eigenvalue weighted by molar-refractivity contribution is 6.31. The molecule has 6 rings (SSSR count). The average molecular weight is 798 g/mol. The lowest BCUT2D eigenvalue weighted by Gasteiger charge is -2.20. The Hall–Kier alpha value is -4.67. The fourth-order valence-corrected chi connectivity index (χ4v) is 5.39. The molecule has 0 saturated heterocycles. The molecule has 4 heterocycles. The summed E-state index contributed by atoms with van der Waals surface area (Å²) in [7, 11) is 0. The van der Waals surface area contributed by atoms with E-state index in [0.29, 0.717) is 55.9 Å². The number of anilines is 5. The summed E-state index contributed by atoms with van der Waals surface area (Å²) in [4.78, 5) is 25.7. The maximum Gasteiger partial charge on any atom is 0.312 e. The molecule has 0 radical (unpaired) electrons. The van der Waals surface area contributed by atoms with Gasteiger partial charge in [-0.1, -0.05) is 63.0 Å². The van der Waals surface area contributed by atoms with Crippen molar-refractivity contribution in [2.24, 2.45) is 17.6 Å². The van der Waals surface area contributed by atoms with E-state index in [1.807, 2.05) is 76.4 Å². The normalized spacial score (nSPS) is 12.5. The Labute approximate surface area is 330 Å². The van der Waals surface area contributed by atoms with Crippen LogP contribution in [0.15, 0.2) is 61.2 Å². The number of aliphatic hydroxyl groups excluding tert-OH is 2. The average Bonchev–Trinajstić information content (AvgIpc) is 3.76. The first-order valence-electron chi connectivity index (χ1n) is 18.0. The van der Waals surface area contributed by atoms with Crippen LogP contribution in [0.2, 0.25) is 10.0 Å². The number of nitrogens with two attached hydrogens (primary N) is 1. The van der Waals surface area contributed by atoms with E-state index in [4.69, 9.17) is 34.0 Å². The van der Waals surface area contributed by atoms with Gasteiger partial charge in [0.15, 0.2) is 34.0 Å². The van der Waals surface area contributed by atoms with Crippen LogP contribution in [0.3, 0.4) is 0 Å². The molecule has 14 nitrogen and oxygen atoms in total. The number of halogens is 3. The molecule has 296 valence electrons. The van der Waals surface area contributed by atoms with Crippen LogP contribution in [-0.2, 0) is 0 Å². The second-order valence-corrected chi connectivity index (χ2v) is 15.0. The zero-order valence-corrected chi connectivity index (χ0v) is 33.8. The molecule has 55 heavy (non-hydrogen) atoms. The number of nitrogens with one attached hydrogen (secondary N) is 3. The van der Waals surface area contributed by atoms with Crippen LogP contribution >= 0.6 is 23.2 Å². The molecule has 2 aromatic carbocycles. The summed E-state index contributed by atoms with van der Waals surface area (Å²) in [5, 5.41) is 28.8. The molecular weight excluding hydrogens is 746 g/mol. The molecule has 0 aliphatic rings. The van der Waals surface area contributed by atoms with Gasteiger partial charge in [-0.2, -0.15) is 24.3 Å². The van der Waals surface area contributed by atoms with Gasteiger partial charge in [0, 0.05) is 39.5 Å². The summed E-state index contributed by atoms with van der Waals surface area (Å²) in [5.74, 6) is 1.98. The van der Waals surface area contributed by atoms with Crippen LogP contribution in [0.5, 0.6) is 0 Å². The van der Waals surface area contributed by atoms with Gasteiger partial charge in [-0.3, -0.25) is 0 Å². The second-order valence-electron chi connectivity index (χ2n) is 14.1. The molecule has 2 atom stereocenters. The van der Waals surface area contributed by atoms with Gasteiger partial charge < -0.3 is 41.0 Å². The molecular formula is C38H51Cl2FN12O2. The Morgan fingerprint density at radius 2 is 1.18 bits per heavy atom. The zero-order valence-electron chi connectivity index (χ0n) is 32.3. The summed E-state index contributed by atoms with van der Waals surface area (Å²) < 4.78 is 17.5. The van der Waals surface area contributed by atoms with Gasteiger partial charge in [0.05, 0.1) is 31.9 Å². The van der Waals surface area contributed by atoms with Gasteiger partial charge in [0.1, 0.15) is 0 Å². The van der Waals surface area contributed by atoms with E-state index in [-0.39, 0.29) is 43.3 Å². The molecule has 0 amide bonds. The smallest absolute Gasteiger partial charge is 0.312 e. The topological polar surface area (TPSA) is 190 Å². The lowest BCUT2D eigenvalue weighted by atomic mass is 10.1. The van der Waals surface area contributed by atoms with Crippen LogP contribution in [0, 0.1) is 17.9 Å². The molecule has 0 aliphatic carbocycles. The summed E-state index contributed by atoms with van der Waals surface area (Å²) in [6.45, 7) is 16.2. The van der Waals surface area contributed by atoms with E-state index in [2.05, 4.69) is 59.7 Å². The summed E-state index contributed by atoms with van der Waals surface area (Å²) in [5.41, 5.74) is 9.28. The first kappa shape index (κ1) is 43.1. The fraction of sp³-hybridized carbons (Fsp3) is 0.421. The molecule has 0 saturated carbocycles. The third kappa shape index (κ3) is 11.7. The molecule has 7 N–H and O–H groups in total. The Bertz CT molecular complexity index is 2140. The number of aromatic nitrogens is 8. The highest BCUT2D eigenvalue weighted by atomic mass is 35.5. The largest absolute Gasteiger partial charge is 0.395 e. The van der Waals surface area contributed by atoms with Crippen molar-refractivity contribution in [1.29, 1.82) is 0 Å². The summed E-state index contributed by atoms with van der Waals surface area (Å²) >= 11 is 12.0. The van der Waals surface area contributed by atoms with Crippen LogP contribution in [0.25, 0.3) is 22.3 Å². The summed E-state index contributed by atoms with van der Waals surface area (Å²) in [6.07, 6.45) is 2.60. The number of imidazole rings is 2. The lowest BCUT2D eigenvalue weighted by molar-refractivity contribution is 0.238. The first-order chi connectivity index (χ1) is 26.1. The van der Waals surface area contributed by atoms with Gasteiger partial charge in [0.2, 0.25) is 5.95 Å². The monoisotopic (exact) mass is 796 g/mol. The Balaban J connectivity index is 0.000000213. The molecule has 6 aromatic rings. The van der Waals surface area contributed by atoms with E-state index >= 15 is 0 Å². The van der Waals surface area contributed by atoms with E-state index in [0.717, 1.165) is 11.3 Å². The van der Waals surface area contributed by atoms with E-state index in [1.54, 1.807) is 35.4 Å². The Kier molecular flexibility index (Phi) is 15.5. The Morgan fingerprint density at radius 3 is 1.58 bits per heavy atom. The second kappa shape index (κ2) is 19.8. The van der Waals surface area contributed by atoms with E-state index in [1.165, 1.54) is 0 Å². The van der Waals surface area contributed by atoms with Gasteiger partial charge in [-0.05, 0) is 75.9 Å². The predicted octanol–water partition coefficient (Wildman–Crippen LogP) is 8.14. The first-order valence-corrected chi connectivity index (χ1v) is 18.8. The van der Waals surface area contributed by atoms with Gasteiger partial charge in [-0.15, -0.1) is 0 Å². The maximum absolute atomic E-state index is 13.7. The van der Waals surface area contributed by atoms with Crippen LogP contribution < -0.4 is 21.7 Å². The van der Waals surface area contributed by atoms with Gasteiger partial charge >= 0.3 is 6.08 Å². The lowest BCUT2D eigenvalue weighted by Crippen LogP contribution is -2.30. The third-order valence-electron chi connectivity index (χ3n) is 8.49. The van der Waals surface area contributed by atoms with Crippen molar-refractivity contribution in [3.05, 3.63) is 77.3 Å². The summed E-state index contributed by atoms with van der Waals surface area (Å²) in [6, 6.07) is 14.7. The predicted molar refractivity (Wildman–Crippen MR) is 220 cm³/mol. The molecule has 0 aliphatic heterocycles. The van der Waals surface area contributed by atoms with Crippen molar-refractivity contribution >= 4 is 74.5 Å². The standard InChI is InChI=1S/C19H25ClN6O.C14H13ClFN5.C5H13NO/c1-11(2)15(9-27)23-19-24-17(22-14-7-5-6-13(20)8-14)16-18(25-19)26(10-21-16)12(3)4;1-8(2)21-7-17-11-12(19-14(16)20-13(11)21)18-10-5-3-4-9(15)6-10;1-4(2)5(6)3-7/h5-8,10-12,15,27H,9H2,1-4H3,(H2,22,23,24,25);3-8H,1-2H3,(H,18,19,20);4-5,7H,3,6H2,1-2H3/t15-;;5-/m1.0/s1. The van der Waals surface area contributed by atoms with E-state index in [9.17, 15) is 9.50 Å². The SMILES string of the molecule is CC(C)[C@@H](CO)Nc1nc(Nc2cccc(Cl)c2)c2ncn(C(C)C)c2n1.CC(C)[C@@H](N)CO.CC(C)n1cnc2c(Nc3cccc(Cl)c3)nc(F)nc21. The number of hydrogen-bond donors (Lipinski definition) is 6. The van der Waals surface area contributed by atoms with Crippen molar-refractivity contribution in [2.45, 2.75) is 79.6 Å².